The van der Waals surface area contributed by atoms with Crippen LogP contribution in [0.5, 0.6) is 0 Å². The van der Waals surface area contributed by atoms with E-state index in [1.807, 2.05) is 17.5 Å². The van der Waals surface area contributed by atoms with Gasteiger partial charge in [0.15, 0.2) is 0 Å². The van der Waals surface area contributed by atoms with Crippen molar-refractivity contribution in [3.05, 3.63) is 33.3 Å². The van der Waals surface area contributed by atoms with Crippen molar-refractivity contribution in [2.45, 2.75) is 64.3 Å². The number of rotatable bonds is 6. The van der Waals surface area contributed by atoms with Crippen LogP contribution in [-0.2, 0) is 46.1 Å². The summed E-state index contributed by atoms with van der Waals surface area (Å²) in [5.74, 6) is 0.0818. The van der Waals surface area contributed by atoms with E-state index < -0.39 is 9.84 Å². The van der Waals surface area contributed by atoms with Gasteiger partial charge in [-0.15, -0.1) is 16.4 Å². The second-order valence-corrected chi connectivity index (χ2v) is 11.9. The number of thiophene rings is 1. The second-order valence-electron chi connectivity index (χ2n) is 8.37. The van der Waals surface area contributed by atoms with Crippen molar-refractivity contribution in [1.29, 1.82) is 0 Å². The van der Waals surface area contributed by atoms with Crippen LogP contribution < -0.4 is 0 Å². The van der Waals surface area contributed by atoms with Crippen LogP contribution in [0.1, 0.15) is 47.7 Å². The Balaban J connectivity index is 1.42. The molecule has 2 aliphatic heterocycles. The number of hydrogen-bond acceptors (Lipinski definition) is 7. The van der Waals surface area contributed by atoms with E-state index in [0.717, 1.165) is 51.1 Å². The van der Waals surface area contributed by atoms with Crippen LogP contribution in [0.3, 0.4) is 0 Å². The smallest absolute Gasteiger partial charge is 0.149 e. The third-order valence-electron chi connectivity index (χ3n) is 6.10. The average Bonchev–Trinajstić information content (AvgIpc) is 3.29. The Morgan fingerprint density at radius 1 is 1.41 bits per heavy atom. The van der Waals surface area contributed by atoms with Crippen molar-refractivity contribution in [3.63, 3.8) is 0 Å². The minimum Gasteiger partial charge on any atom is -0.370 e. The average molecular weight is 439 g/mol. The normalized spacial score (nSPS) is 25.4. The number of fused-ring (bicyclic) bond motifs is 2. The molecule has 9 heteroatoms. The maximum atomic E-state index is 11.3. The van der Waals surface area contributed by atoms with Crippen molar-refractivity contribution in [2.24, 2.45) is 0 Å². The van der Waals surface area contributed by atoms with Gasteiger partial charge in [0, 0.05) is 47.8 Å². The van der Waals surface area contributed by atoms with E-state index in [1.54, 1.807) is 4.68 Å². The fraction of sp³-hybridized carbons (Fsp3) is 0.700. The molecule has 0 saturated carbocycles. The van der Waals surface area contributed by atoms with E-state index in [9.17, 15) is 8.42 Å². The van der Waals surface area contributed by atoms with E-state index in [2.05, 4.69) is 35.1 Å². The number of sulfone groups is 1. The summed E-state index contributed by atoms with van der Waals surface area (Å²) in [6.45, 7) is 7.33. The lowest BCUT2D eigenvalue weighted by Crippen LogP contribution is -2.50. The van der Waals surface area contributed by atoms with E-state index in [1.165, 1.54) is 21.6 Å². The fourth-order valence-electron chi connectivity index (χ4n) is 4.50. The zero-order valence-corrected chi connectivity index (χ0v) is 19.1. The third kappa shape index (κ3) is 4.57. The van der Waals surface area contributed by atoms with Crippen LogP contribution in [0, 0.1) is 0 Å². The maximum Gasteiger partial charge on any atom is 0.149 e. The number of piperidine rings is 1. The monoisotopic (exact) mass is 438 g/mol. The summed E-state index contributed by atoms with van der Waals surface area (Å²) in [6, 6.07) is 2.76. The van der Waals surface area contributed by atoms with Crippen LogP contribution in [-0.4, -0.2) is 59.5 Å². The molecule has 1 fully saturated rings. The summed E-state index contributed by atoms with van der Waals surface area (Å²) in [5.41, 5.74) is 2.18. The molecule has 0 N–H and O–H groups in total. The van der Waals surface area contributed by atoms with Crippen molar-refractivity contribution in [3.8, 4) is 0 Å². The number of nitrogens with zero attached hydrogens (tertiary/aromatic N) is 4. The van der Waals surface area contributed by atoms with Gasteiger partial charge in [0.05, 0.1) is 30.2 Å². The molecule has 0 amide bonds. The van der Waals surface area contributed by atoms with Gasteiger partial charge in [-0.2, -0.15) is 0 Å². The van der Waals surface area contributed by atoms with Gasteiger partial charge in [-0.3, -0.25) is 9.58 Å². The first-order valence-electron chi connectivity index (χ1n) is 10.3. The van der Waals surface area contributed by atoms with Crippen molar-refractivity contribution >= 4 is 21.2 Å². The minimum absolute atomic E-state index is 0.0818. The lowest BCUT2D eigenvalue weighted by Gasteiger charge is -2.47. The van der Waals surface area contributed by atoms with Crippen LogP contribution >= 0.6 is 11.3 Å². The molecule has 160 valence electrons. The molecule has 0 radical (unpaired) electrons. The molecule has 2 atom stereocenters. The van der Waals surface area contributed by atoms with Crippen LogP contribution in [0.25, 0.3) is 0 Å². The van der Waals surface area contributed by atoms with E-state index in [0.29, 0.717) is 12.6 Å². The Morgan fingerprint density at radius 3 is 2.97 bits per heavy atom. The van der Waals surface area contributed by atoms with E-state index >= 15 is 0 Å². The molecule has 7 nitrogen and oxygen atoms in total. The standard InChI is InChI=1S/C20H30N4O3S2/c1-4-17-11-18-19(28-17)5-9-27-20(18)6-7-23(15(2)12-20)13-16-14-24(22-21-16)8-10-29(3,25)26/h11,14-15H,4-10,12-13H2,1-3H3/t15-,20-/m1/s1. The summed E-state index contributed by atoms with van der Waals surface area (Å²) in [7, 11) is -3.00. The van der Waals surface area contributed by atoms with Gasteiger partial charge >= 0.3 is 0 Å². The SMILES string of the molecule is CCc1cc2c(s1)CCO[C@@]21CCN(Cc2cn(CCS(C)(=O)=O)nn2)[C@H](C)C1. The summed E-state index contributed by atoms with van der Waals surface area (Å²) < 4.78 is 30.7. The second kappa shape index (κ2) is 8.09. The first-order chi connectivity index (χ1) is 13.8. The topological polar surface area (TPSA) is 77.3 Å². The molecule has 0 unspecified atom stereocenters. The van der Waals surface area contributed by atoms with E-state index in [4.69, 9.17) is 4.74 Å². The Kier molecular flexibility index (Phi) is 5.85. The number of ether oxygens (including phenoxy) is 1. The third-order valence-corrected chi connectivity index (χ3v) is 8.36. The quantitative estimate of drug-likeness (QED) is 0.689. The predicted octanol–water partition coefficient (Wildman–Crippen LogP) is 2.40. The van der Waals surface area contributed by atoms with Gasteiger partial charge in [0.1, 0.15) is 9.84 Å². The van der Waals surface area contributed by atoms with Gasteiger partial charge in [-0.05, 0) is 37.8 Å². The zero-order chi connectivity index (χ0) is 20.6. The lowest BCUT2D eigenvalue weighted by atomic mass is 9.79. The molecule has 0 aliphatic carbocycles. The van der Waals surface area contributed by atoms with E-state index in [-0.39, 0.29) is 11.4 Å². The molecule has 2 aromatic heterocycles. The summed E-state index contributed by atoms with van der Waals surface area (Å²) in [6.07, 6.45) is 7.21. The van der Waals surface area contributed by atoms with Crippen molar-refractivity contribution < 1.29 is 13.2 Å². The molecule has 0 aromatic carbocycles. The molecule has 2 aliphatic rings. The maximum absolute atomic E-state index is 11.3. The first-order valence-corrected chi connectivity index (χ1v) is 13.2. The minimum atomic E-state index is -3.00. The summed E-state index contributed by atoms with van der Waals surface area (Å²) in [4.78, 5) is 5.41. The summed E-state index contributed by atoms with van der Waals surface area (Å²) in [5, 5.41) is 8.33. The highest BCUT2D eigenvalue weighted by Gasteiger charge is 2.44. The van der Waals surface area contributed by atoms with Crippen LogP contribution in [0.2, 0.25) is 0 Å². The predicted molar refractivity (Wildman–Crippen MR) is 114 cm³/mol. The van der Waals surface area contributed by atoms with Gasteiger partial charge in [-0.25, -0.2) is 8.42 Å². The zero-order valence-electron chi connectivity index (χ0n) is 17.4. The van der Waals surface area contributed by atoms with Crippen molar-refractivity contribution in [1.82, 2.24) is 19.9 Å². The van der Waals surface area contributed by atoms with Gasteiger partial charge in [0.2, 0.25) is 0 Å². The Morgan fingerprint density at radius 2 is 2.24 bits per heavy atom. The highest BCUT2D eigenvalue weighted by atomic mass is 32.2. The molecular formula is C20H30N4O3S2. The molecule has 4 heterocycles. The Bertz CT molecular complexity index is 968. The lowest BCUT2D eigenvalue weighted by molar-refractivity contribution is -0.112. The highest BCUT2D eigenvalue weighted by molar-refractivity contribution is 7.90. The highest BCUT2D eigenvalue weighted by Crippen LogP contribution is 2.46. The van der Waals surface area contributed by atoms with Crippen molar-refractivity contribution in [2.75, 3.05) is 25.2 Å². The Hall–Kier alpha value is -1.29. The number of hydrogen-bond donors (Lipinski definition) is 0. The summed E-state index contributed by atoms with van der Waals surface area (Å²) >= 11 is 1.96. The largest absolute Gasteiger partial charge is 0.370 e. The van der Waals surface area contributed by atoms with Crippen LogP contribution in [0.15, 0.2) is 12.3 Å². The number of aryl methyl sites for hydroxylation is 2. The molecule has 0 bridgehead atoms. The van der Waals surface area contributed by atoms with Gasteiger partial charge in [-0.1, -0.05) is 12.1 Å². The van der Waals surface area contributed by atoms with Gasteiger partial charge < -0.3 is 4.74 Å². The molecule has 1 spiro atoms. The fourth-order valence-corrected chi connectivity index (χ4v) is 6.19. The molecule has 1 saturated heterocycles. The van der Waals surface area contributed by atoms with Gasteiger partial charge in [0.25, 0.3) is 0 Å². The first kappa shape index (κ1) is 21.0. The number of likely N-dealkylation sites (tertiary alicyclic amines) is 1. The Labute approximate surface area is 177 Å². The number of aromatic nitrogens is 3. The molecule has 29 heavy (non-hydrogen) atoms. The molecular weight excluding hydrogens is 408 g/mol. The molecule has 2 aromatic rings. The molecule has 4 rings (SSSR count). The van der Waals surface area contributed by atoms with Crippen LogP contribution in [0.4, 0.5) is 0 Å².